The molecule has 0 radical (unpaired) electrons. The lowest BCUT2D eigenvalue weighted by Gasteiger charge is -2.10. The first-order valence-electron chi connectivity index (χ1n) is 10.3. The fraction of sp³-hybridized carbons (Fsp3) is 0.154. The molecule has 0 spiro atoms. The van der Waals surface area contributed by atoms with Gasteiger partial charge >= 0.3 is 5.63 Å². The molecule has 7 heteroatoms. The third-order valence-electron chi connectivity index (χ3n) is 5.14. The van der Waals surface area contributed by atoms with Gasteiger partial charge in [-0.2, -0.15) is 0 Å². The minimum atomic E-state index is -0.470. The summed E-state index contributed by atoms with van der Waals surface area (Å²) in [4.78, 5) is 24.3. The molecule has 0 aliphatic carbocycles. The maximum absolute atomic E-state index is 12.2. The number of methoxy groups -OCH3 is 2. The lowest BCUT2D eigenvalue weighted by Crippen LogP contribution is -2.28. The quantitative estimate of drug-likeness (QED) is 0.410. The molecule has 0 saturated heterocycles. The van der Waals surface area contributed by atoms with E-state index in [1.54, 1.807) is 26.4 Å². The van der Waals surface area contributed by atoms with E-state index in [1.165, 1.54) is 6.07 Å². The van der Waals surface area contributed by atoms with E-state index in [-0.39, 0.29) is 12.5 Å². The van der Waals surface area contributed by atoms with Crippen molar-refractivity contribution >= 4 is 16.9 Å². The predicted molar refractivity (Wildman–Crippen MR) is 125 cm³/mol. The lowest BCUT2D eigenvalue weighted by atomic mass is 10.0. The van der Waals surface area contributed by atoms with Crippen molar-refractivity contribution in [3.8, 4) is 28.4 Å². The first-order valence-corrected chi connectivity index (χ1v) is 10.3. The number of nitrogens with one attached hydrogen (secondary N) is 1. The monoisotopic (exact) mass is 445 g/mol. The van der Waals surface area contributed by atoms with Crippen LogP contribution in [0.4, 0.5) is 0 Å². The fourth-order valence-electron chi connectivity index (χ4n) is 3.39. The van der Waals surface area contributed by atoms with Crippen molar-refractivity contribution in [3.05, 3.63) is 88.8 Å². The molecule has 0 bridgehead atoms. The van der Waals surface area contributed by atoms with E-state index in [2.05, 4.69) is 5.32 Å². The largest absolute Gasteiger partial charge is 0.497 e. The normalized spacial score (nSPS) is 10.6. The van der Waals surface area contributed by atoms with E-state index in [0.29, 0.717) is 17.9 Å². The minimum Gasteiger partial charge on any atom is -0.497 e. The van der Waals surface area contributed by atoms with Crippen LogP contribution in [0.2, 0.25) is 0 Å². The van der Waals surface area contributed by atoms with Crippen molar-refractivity contribution in [2.75, 3.05) is 20.8 Å². The van der Waals surface area contributed by atoms with Crippen molar-refractivity contribution in [2.45, 2.75) is 6.54 Å². The lowest BCUT2D eigenvalue weighted by molar-refractivity contribution is -0.123. The van der Waals surface area contributed by atoms with E-state index in [0.717, 1.165) is 33.6 Å². The van der Waals surface area contributed by atoms with Crippen LogP contribution in [0, 0.1) is 0 Å². The number of rotatable bonds is 8. The maximum atomic E-state index is 12.2. The maximum Gasteiger partial charge on any atom is 0.336 e. The van der Waals surface area contributed by atoms with Crippen molar-refractivity contribution in [1.29, 1.82) is 0 Å². The van der Waals surface area contributed by atoms with Gasteiger partial charge in [0.1, 0.15) is 22.8 Å². The van der Waals surface area contributed by atoms with Gasteiger partial charge in [0.2, 0.25) is 0 Å². The first kappa shape index (κ1) is 22.0. The SMILES string of the molecule is COc1ccc(CNC(=O)COc2ccc3c(-c4ccc(OC)cc4)cc(=O)oc3c2)cc1. The molecule has 33 heavy (non-hydrogen) atoms. The van der Waals surface area contributed by atoms with E-state index in [4.69, 9.17) is 18.6 Å². The first-order chi connectivity index (χ1) is 16.1. The summed E-state index contributed by atoms with van der Waals surface area (Å²) in [7, 11) is 3.20. The van der Waals surface area contributed by atoms with E-state index in [9.17, 15) is 9.59 Å². The van der Waals surface area contributed by atoms with Gasteiger partial charge in [-0.3, -0.25) is 4.79 Å². The number of hydrogen-bond donors (Lipinski definition) is 1. The molecule has 0 atom stereocenters. The molecule has 4 rings (SSSR count). The average molecular weight is 445 g/mol. The Morgan fingerprint density at radius 1 is 0.848 bits per heavy atom. The Kier molecular flexibility index (Phi) is 6.59. The van der Waals surface area contributed by atoms with Crippen LogP contribution in [0.15, 0.2) is 82.0 Å². The average Bonchev–Trinajstić information content (AvgIpc) is 2.85. The smallest absolute Gasteiger partial charge is 0.336 e. The van der Waals surface area contributed by atoms with Gasteiger partial charge in [-0.1, -0.05) is 24.3 Å². The van der Waals surface area contributed by atoms with Crippen LogP contribution in [0.5, 0.6) is 17.2 Å². The van der Waals surface area contributed by atoms with Gasteiger partial charge in [0.25, 0.3) is 5.91 Å². The Balaban J connectivity index is 1.44. The van der Waals surface area contributed by atoms with Crippen LogP contribution in [-0.2, 0) is 11.3 Å². The molecule has 168 valence electrons. The fourth-order valence-corrected chi connectivity index (χ4v) is 3.39. The Labute approximate surface area is 190 Å². The number of carbonyl (C=O) groups excluding carboxylic acids is 1. The Bertz CT molecular complexity index is 1310. The van der Waals surface area contributed by atoms with Gasteiger partial charge in [-0.25, -0.2) is 4.79 Å². The van der Waals surface area contributed by atoms with Crippen LogP contribution >= 0.6 is 0 Å². The topological polar surface area (TPSA) is 87.0 Å². The van der Waals surface area contributed by atoms with Gasteiger partial charge in [0, 0.05) is 24.1 Å². The molecule has 1 N–H and O–H groups in total. The zero-order valence-corrected chi connectivity index (χ0v) is 18.3. The van der Waals surface area contributed by atoms with Crippen molar-refractivity contribution in [2.24, 2.45) is 0 Å². The molecular weight excluding hydrogens is 422 g/mol. The second-order valence-electron chi connectivity index (χ2n) is 7.28. The number of ether oxygens (including phenoxy) is 3. The summed E-state index contributed by atoms with van der Waals surface area (Å²) in [5.41, 5.74) is 2.46. The third kappa shape index (κ3) is 5.33. The van der Waals surface area contributed by atoms with E-state index in [1.807, 2.05) is 54.6 Å². The highest BCUT2D eigenvalue weighted by Crippen LogP contribution is 2.30. The van der Waals surface area contributed by atoms with Crippen LogP contribution in [-0.4, -0.2) is 26.7 Å². The molecule has 0 fully saturated rings. The van der Waals surface area contributed by atoms with E-state index < -0.39 is 5.63 Å². The number of hydrogen-bond acceptors (Lipinski definition) is 6. The standard InChI is InChI=1S/C26H23NO6/c1-30-19-7-3-17(4-8-19)15-27-25(28)16-32-21-11-12-22-23(14-26(29)33-24(22)13-21)18-5-9-20(31-2)10-6-18/h3-14H,15-16H2,1-2H3,(H,27,28). The summed E-state index contributed by atoms with van der Waals surface area (Å²) in [6.45, 7) is 0.216. The molecule has 4 aromatic rings. The number of benzene rings is 3. The van der Waals surface area contributed by atoms with Gasteiger partial charge in [-0.05, 0) is 53.1 Å². The Hall–Kier alpha value is -4.26. The predicted octanol–water partition coefficient (Wildman–Crippen LogP) is 4.17. The second kappa shape index (κ2) is 9.91. The molecule has 0 unspecified atom stereocenters. The van der Waals surface area contributed by atoms with Crippen LogP contribution in [0.1, 0.15) is 5.56 Å². The molecule has 1 amide bonds. The van der Waals surface area contributed by atoms with E-state index >= 15 is 0 Å². The zero-order chi connectivity index (χ0) is 23.2. The molecule has 0 aliphatic heterocycles. The molecular formula is C26H23NO6. The molecule has 1 aromatic heterocycles. The highest BCUT2D eigenvalue weighted by Gasteiger charge is 2.10. The Morgan fingerprint density at radius 2 is 1.48 bits per heavy atom. The van der Waals surface area contributed by atoms with Crippen LogP contribution in [0.3, 0.4) is 0 Å². The summed E-state index contributed by atoms with van der Waals surface area (Å²) in [6.07, 6.45) is 0. The van der Waals surface area contributed by atoms with Gasteiger partial charge in [0.15, 0.2) is 6.61 Å². The molecule has 0 saturated carbocycles. The van der Waals surface area contributed by atoms with Gasteiger partial charge in [0.05, 0.1) is 14.2 Å². The molecule has 3 aromatic carbocycles. The second-order valence-corrected chi connectivity index (χ2v) is 7.28. The minimum absolute atomic E-state index is 0.163. The highest BCUT2D eigenvalue weighted by atomic mass is 16.5. The Morgan fingerprint density at radius 3 is 2.15 bits per heavy atom. The van der Waals surface area contributed by atoms with Crippen molar-refractivity contribution < 1.29 is 23.4 Å². The number of fused-ring (bicyclic) bond motifs is 1. The molecule has 1 heterocycles. The third-order valence-corrected chi connectivity index (χ3v) is 5.14. The van der Waals surface area contributed by atoms with Crippen molar-refractivity contribution in [3.63, 3.8) is 0 Å². The summed E-state index contributed by atoms with van der Waals surface area (Å²) >= 11 is 0. The van der Waals surface area contributed by atoms with Crippen molar-refractivity contribution in [1.82, 2.24) is 5.32 Å². The molecule has 7 nitrogen and oxygen atoms in total. The zero-order valence-electron chi connectivity index (χ0n) is 18.3. The summed E-state index contributed by atoms with van der Waals surface area (Å²) < 4.78 is 21.3. The van der Waals surface area contributed by atoms with Gasteiger partial charge < -0.3 is 23.9 Å². The number of carbonyl (C=O) groups is 1. The number of amides is 1. The van der Waals surface area contributed by atoms with Crippen LogP contribution < -0.4 is 25.2 Å². The summed E-state index contributed by atoms with van der Waals surface area (Å²) in [5.74, 6) is 1.65. The highest BCUT2D eigenvalue weighted by molar-refractivity contribution is 5.93. The van der Waals surface area contributed by atoms with Crippen LogP contribution in [0.25, 0.3) is 22.1 Å². The van der Waals surface area contributed by atoms with Gasteiger partial charge in [-0.15, -0.1) is 0 Å². The molecule has 0 aliphatic rings. The summed E-state index contributed by atoms with van der Waals surface area (Å²) in [6, 6.07) is 21.5. The summed E-state index contributed by atoms with van der Waals surface area (Å²) in [5, 5.41) is 3.56.